The summed E-state index contributed by atoms with van der Waals surface area (Å²) in [5, 5.41) is 12.6. The van der Waals surface area contributed by atoms with Crippen molar-refractivity contribution in [3.05, 3.63) is 41.1 Å². The predicted molar refractivity (Wildman–Crippen MR) is 120 cm³/mol. The van der Waals surface area contributed by atoms with Gasteiger partial charge < -0.3 is 29.5 Å². The zero-order valence-corrected chi connectivity index (χ0v) is 19.9. The quantitative estimate of drug-likeness (QED) is 0.348. The Labute approximate surface area is 197 Å². The minimum atomic E-state index is -0.857. The first-order valence-electron chi connectivity index (χ1n) is 11.0. The number of hydrogen-bond donors (Lipinski definition) is 2. The fraction of sp³-hybridized carbons (Fsp3) is 0.500. The highest BCUT2D eigenvalue weighted by Gasteiger charge is 2.57. The van der Waals surface area contributed by atoms with Gasteiger partial charge in [0.25, 0.3) is 0 Å². The third-order valence-electron chi connectivity index (χ3n) is 5.84. The average molecular weight is 475 g/mol. The lowest BCUT2D eigenvalue weighted by Gasteiger charge is -2.44. The largest absolute Gasteiger partial charge is 0.453 e. The third-order valence-corrected chi connectivity index (χ3v) is 5.84. The number of β-lactam (4-membered cyclic amide) rings is 1. The molecule has 0 aromatic heterocycles. The maximum atomic E-state index is 13.0. The maximum absolute atomic E-state index is 13.0. The summed E-state index contributed by atoms with van der Waals surface area (Å²) in [6.07, 6.45) is -1.04. The summed E-state index contributed by atoms with van der Waals surface area (Å²) in [5.74, 6) is -2.27. The lowest BCUT2D eigenvalue weighted by molar-refractivity contribution is -0.175. The molecule has 3 rings (SSSR count). The summed E-state index contributed by atoms with van der Waals surface area (Å²) in [6.45, 7) is 6.27. The minimum Gasteiger partial charge on any atom is -0.453 e. The molecule has 0 saturated carbocycles. The van der Waals surface area contributed by atoms with Crippen molar-refractivity contribution in [3.8, 4) is 0 Å². The summed E-state index contributed by atoms with van der Waals surface area (Å²) < 4.78 is 14.8. The Morgan fingerprint density at radius 2 is 1.82 bits per heavy atom. The highest BCUT2D eigenvalue weighted by Crippen LogP contribution is 2.47. The summed E-state index contributed by atoms with van der Waals surface area (Å²) in [5.41, 5.74) is 1.44. The Bertz CT molecular complexity index is 1010. The van der Waals surface area contributed by atoms with E-state index in [0.29, 0.717) is 17.6 Å². The van der Waals surface area contributed by atoms with Gasteiger partial charge in [-0.2, -0.15) is 0 Å². The SMILES string of the molecule is COC(=O)NCc1ccc(C2=C(C(=O)OCOC(=O)C(C)(C)C)N3C(=O)[C@H]([C@@H](C)O)[C@H]3C2)cc1. The molecule has 0 radical (unpaired) electrons. The Hall–Kier alpha value is -3.40. The molecule has 1 saturated heterocycles. The van der Waals surface area contributed by atoms with E-state index in [9.17, 15) is 24.3 Å². The first-order valence-corrected chi connectivity index (χ1v) is 11.0. The second-order valence-corrected chi connectivity index (χ2v) is 9.35. The molecule has 1 aromatic rings. The van der Waals surface area contributed by atoms with Gasteiger partial charge in [-0.1, -0.05) is 24.3 Å². The molecular weight excluding hydrogens is 444 g/mol. The number of carbonyl (C=O) groups is 4. The van der Waals surface area contributed by atoms with Gasteiger partial charge in [0.15, 0.2) is 0 Å². The van der Waals surface area contributed by atoms with Crippen molar-refractivity contribution >= 4 is 29.5 Å². The monoisotopic (exact) mass is 474 g/mol. The van der Waals surface area contributed by atoms with E-state index >= 15 is 0 Å². The van der Waals surface area contributed by atoms with Crippen LogP contribution in [0.5, 0.6) is 0 Å². The number of ether oxygens (including phenoxy) is 3. The van der Waals surface area contributed by atoms with Crippen LogP contribution in [-0.2, 0) is 35.1 Å². The summed E-state index contributed by atoms with van der Waals surface area (Å²) >= 11 is 0. The number of fused-ring (bicyclic) bond motifs is 1. The normalized spacial score (nSPS) is 20.3. The maximum Gasteiger partial charge on any atom is 0.407 e. The Morgan fingerprint density at radius 3 is 2.38 bits per heavy atom. The summed E-state index contributed by atoms with van der Waals surface area (Å²) in [7, 11) is 1.28. The van der Waals surface area contributed by atoms with Crippen molar-refractivity contribution < 1.29 is 38.5 Å². The molecule has 2 aliphatic rings. The lowest BCUT2D eigenvalue weighted by Crippen LogP contribution is -2.61. The van der Waals surface area contributed by atoms with Crippen LogP contribution in [-0.4, -0.2) is 60.0 Å². The highest BCUT2D eigenvalue weighted by atomic mass is 16.7. The molecule has 0 bridgehead atoms. The van der Waals surface area contributed by atoms with Crippen molar-refractivity contribution in [2.45, 2.75) is 52.8 Å². The van der Waals surface area contributed by atoms with E-state index in [1.54, 1.807) is 52.0 Å². The van der Waals surface area contributed by atoms with Crippen molar-refractivity contribution in [1.29, 1.82) is 0 Å². The second kappa shape index (κ2) is 9.84. The molecule has 2 aliphatic heterocycles. The van der Waals surface area contributed by atoms with Gasteiger partial charge in [-0.3, -0.25) is 9.59 Å². The molecule has 2 heterocycles. The van der Waals surface area contributed by atoms with Crippen molar-refractivity contribution in [2.75, 3.05) is 13.9 Å². The number of alkyl carbamates (subject to hydrolysis) is 1. The predicted octanol–water partition coefficient (Wildman–Crippen LogP) is 1.96. The third kappa shape index (κ3) is 5.06. The fourth-order valence-electron chi connectivity index (χ4n) is 4.01. The van der Waals surface area contributed by atoms with Crippen LogP contribution in [0.15, 0.2) is 30.0 Å². The van der Waals surface area contributed by atoms with Crippen LogP contribution in [0.3, 0.4) is 0 Å². The van der Waals surface area contributed by atoms with Crippen LogP contribution in [0.1, 0.15) is 45.2 Å². The van der Waals surface area contributed by atoms with E-state index < -0.39 is 42.3 Å². The molecule has 10 nitrogen and oxygen atoms in total. The molecule has 184 valence electrons. The zero-order chi connectivity index (χ0) is 25.2. The van der Waals surface area contributed by atoms with Gasteiger partial charge in [-0.15, -0.1) is 0 Å². The number of esters is 2. The van der Waals surface area contributed by atoms with Crippen molar-refractivity contribution in [1.82, 2.24) is 10.2 Å². The molecule has 1 fully saturated rings. The molecule has 1 aromatic carbocycles. The van der Waals surface area contributed by atoms with Crippen LogP contribution in [0.4, 0.5) is 4.79 Å². The van der Waals surface area contributed by atoms with E-state index in [2.05, 4.69) is 10.1 Å². The Kier molecular flexibility index (Phi) is 7.30. The summed E-state index contributed by atoms with van der Waals surface area (Å²) in [6, 6.07) is 6.78. The van der Waals surface area contributed by atoms with E-state index in [-0.39, 0.29) is 24.2 Å². The van der Waals surface area contributed by atoms with Gasteiger partial charge in [-0.25, -0.2) is 9.59 Å². The van der Waals surface area contributed by atoms with Gasteiger partial charge in [-0.05, 0) is 50.8 Å². The fourth-order valence-corrected chi connectivity index (χ4v) is 4.01. The number of nitrogens with zero attached hydrogens (tertiary/aromatic N) is 1. The number of amides is 2. The molecule has 0 aliphatic carbocycles. The molecular formula is C24H30N2O8. The molecule has 0 spiro atoms. The topological polar surface area (TPSA) is 131 Å². The van der Waals surface area contributed by atoms with Gasteiger partial charge in [0.1, 0.15) is 5.70 Å². The zero-order valence-electron chi connectivity index (χ0n) is 19.9. The van der Waals surface area contributed by atoms with Crippen LogP contribution in [0.2, 0.25) is 0 Å². The van der Waals surface area contributed by atoms with Gasteiger partial charge in [0, 0.05) is 6.54 Å². The van der Waals surface area contributed by atoms with E-state index in [1.165, 1.54) is 12.0 Å². The van der Waals surface area contributed by atoms with E-state index in [4.69, 9.17) is 9.47 Å². The molecule has 0 unspecified atom stereocenters. The second-order valence-electron chi connectivity index (χ2n) is 9.35. The smallest absolute Gasteiger partial charge is 0.407 e. The number of carbonyl (C=O) groups excluding carboxylic acids is 4. The Morgan fingerprint density at radius 1 is 1.18 bits per heavy atom. The number of rotatable bonds is 7. The van der Waals surface area contributed by atoms with Gasteiger partial charge in [0.05, 0.1) is 30.6 Å². The molecule has 10 heteroatoms. The van der Waals surface area contributed by atoms with Gasteiger partial charge in [0.2, 0.25) is 12.7 Å². The number of methoxy groups -OCH3 is 1. The number of aliphatic hydroxyl groups excluding tert-OH is 1. The van der Waals surface area contributed by atoms with Crippen LogP contribution in [0, 0.1) is 11.3 Å². The highest BCUT2D eigenvalue weighted by molar-refractivity contribution is 6.06. The number of benzene rings is 1. The van der Waals surface area contributed by atoms with Gasteiger partial charge >= 0.3 is 18.0 Å². The first-order chi connectivity index (χ1) is 16.0. The first kappa shape index (κ1) is 25.2. The van der Waals surface area contributed by atoms with Crippen LogP contribution in [0.25, 0.3) is 5.57 Å². The van der Waals surface area contributed by atoms with Crippen molar-refractivity contribution in [3.63, 3.8) is 0 Å². The van der Waals surface area contributed by atoms with Crippen molar-refractivity contribution in [2.24, 2.45) is 11.3 Å². The standard InChI is InChI=1S/C24H30N2O8/c1-13(27)18-17-10-16(15-8-6-14(7-9-15)11-25-23(31)32-5)19(26(17)20(18)28)21(29)33-12-34-22(30)24(2,3)4/h6-9,13,17-18,27H,10-12H2,1-5H3,(H,25,31)/t13-,17-,18-/m1/s1. The van der Waals surface area contributed by atoms with Crippen LogP contribution >= 0.6 is 0 Å². The number of hydrogen-bond acceptors (Lipinski definition) is 8. The summed E-state index contributed by atoms with van der Waals surface area (Å²) in [4.78, 5) is 50.2. The minimum absolute atomic E-state index is 0.0825. The molecule has 2 N–H and O–H groups in total. The molecule has 2 amide bonds. The van der Waals surface area contributed by atoms with E-state index in [0.717, 1.165) is 5.56 Å². The van der Waals surface area contributed by atoms with E-state index in [1.807, 2.05) is 0 Å². The molecule has 3 atom stereocenters. The van der Waals surface area contributed by atoms with Crippen LogP contribution < -0.4 is 5.32 Å². The average Bonchev–Trinajstić information content (AvgIpc) is 3.11. The lowest BCUT2D eigenvalue weighted by atomic mass is 9.82. The number of aliphatic hydroxyl groups is 1. The number of nitrogens with one attached hydrogen (secondary N) is 1. The Balaban J connectivity index is 1.81. The molecule has 34 heavy (non-hydrogen) atoms.